The third-order valence-corrected chi connectivity index (χ3v) is 5.96. The van der Waals surface area contributed by atoms with Gasteiger partial charge in [-0.05, 0) is 69.2 Å². The van der Waals surface area contributed by atoms with Crippen LogP contribution in [0.5, 0.6) is 11.5 Å². The summed E-state index contributed by atoms with van der Waals surface area (Å²) in [7, 11) is 0. The van der Waals surface area contributed by atoms with Gasteiger partial charge in [0.2, 0.25) is 5.91 Å². The predicted molar refractivity (Wildman–Crippen MR) is 142 cm³/mol. The fourth-order valence-corrected chi connectivity index (χ4v) is 4.21. The number of furan rings is 1. The highest BCUT2D eigenvalue weighted by Crippen LogP contribution is 2.41. The lowest BCUT2D eigenvalue weighted by molar-refractivity contribution is -0.111. The van der Waals surface area contributed by atoms with E-state index in [1.54, 1.807) is 12.3 Å². The normalized spacial score (nSPS) is 11.5. The molecule has 0 aliphatic carbocycles. The van der Waals surface area contributed by atoms with Crippen molar-refractivity contribution >= 4 is 39.7 Å². The Kier molecular flexibility index (Phi) is 7.47. The highest BCUT2D eigenvalue weighted by molar-refractivity contribution is 6.30. The molecule has 0 unspecified atom stereocenters. The molecule has 35 heavy (non-hydrogen) atoms. The number of hydrogen-bond acceptors (Lipinski definition) is 4. The highest BCUT2D eigenvalue weighted by atomic mass is 35.5. The van der Waals surface area contributed by atoms with Crippen molar-refractivity contribution in [2.75, 3.05) is 18.5 Å². The van der Waals surface area contributed by atoms with Crippen LogP contribution in [0, 0.1) is 6.92 Å². The fraction of sp³-hybridized carbons (Fsp3) is 0.207. The van der Waals surface area contributed by atoms with Crippen molar-refractivity contribution in [2.24, 2.45) is 0 Å². The maximum atomic E-state index is 12.9. The van der Waals surface area contributed by atoms with Crippen molar-refractivity contribution in [3.63, 3.8) is 0 Å². The second-order valence-corrected chi connectivity index (χ2v) is 8.53. The Bertz CT molecular complexity index is 1390. The zero-order valence-corrected chi connectivity index (χ0v) is 21.0. The molecule has 1 aromatic heterocycles. The molecule has 1 N–H and O–H groups in total. The number of carbonyl (C=O) groups is 1. The Morgan fingerprint density at radius 2 is 1.77 bits per heavy atom. The second kappa shape index (κ2) is 10.7. The summed E-state index contributed by atoms with van der Waals surface area (Å²) in [6.45, 7) is 8.72. The van der Waals surface area contributed by atoms with E-state index in [0.29, 0.717) is 35.4 Å². The number of para-hydroxylation sites is 2. The number of aryl methyl sites for hydroxylation is 1. The number of amides is 1. The van der Waals surface area contributed by atoms with Crippen molar-refractivity contribution in [3.05, 3.63) is 83.1 Å². The third kappa shape index (κ3) is 5.20. The van der Waals surface area contributed by atoms with Crippen LogP contribution in [-0.2, 0) is 4.79 Å². The van der Waals surface area contributed by atoms with E-state index >= 15 is 0 Å². The second-order valence-electron chi connectivity index (χ2n) is 8.09. The molecule has 4 aromatic rings. The number of nitrogens with one attached hydrogen (secondary N) is 1. The minimum atomic E-state index is -0.250. The van der Waals surface area contributed by atoms with E-state index in [-0.39, 0.29) is 5.91 Å². The zero-order valence-electron chi connectivity index (χ0n) is 20.3. The molecule has 0 radical (unpaired) electrons. The van der Waals surface area contributed by atoms with E-state index in [0.717, 1.165) is 38.8 Å². The topological polar surface area (TPSA) is 60.7 Å². The first-order chi connectivity index (χ1) is 16.9. The van der Waals surface area contributed by atoms with Gasteiger partial charge in [-0.1, -0.05) is 35.9 Å². The van der Waals surface area contributed by atoms with Crippen molar-refractivity contribution in [1.29, 1.82) is 0 Å². The quantitative estimate of drug-likeness (QED) is 0.255. The van der Waals surface area contributed by atoms with Crippen LogP contribution in [0.1, 0.15) is 31.9 Å². The molecule has 0 fully saturated rings. The van der Waals surface area contributed by atoms with E-state index in [2.05, 4.69) is 5.32 Å². The average molecular weight is 490 g/mol. The summed E-state index contributed by atoms with van der Waals surface area (Å²) in [6, 6.07) is 17.0. The molecular weight excluding hydrogens is 462 g/mol. The number of hydrogen-bond donors (Lipinski definition) is 1. The van der Waals surface area contributed by atoms with Gasteiger partial charge < -0.3 is 19.2 Å². The van der Waals surface area contributed by atoms with Crippen LogP contribution in [0.25, 0.3) is 27.7 Å². The van der Waals surface area contributed by atoms with Crippen LogP contribution in [0.4, 0.5) is 5.69 Å². The summed E-state index contributed by atoms with van der Waals surface area (Å²) in [6.07, 6.45) is 3.32. The van der Waals surface area contributed by atoms with Crippen LogP contribution in [0.15, 0.2) is 71.4 Å². The van der Waals surface area contributed by atoms with Gasteiger partial charge in [0.1, 0.15) is 17.1 Å². The van der Waals surface area contributed by atoms with Gasteiger partial charge in [0.05, 0.1) is 25.2 Å². The molecule has 0 spiro atoms. The van der Waals surface area contributed by atoms with E-state index in [4.69, 9.17) is 25.5 Å². The first-order valence-corrected chi connectivity index (χ1v) is 12.0. The molecule has 6 heteroatoms. The fourth-order valence-electron chi connectivity index (χ4n) is 4.09. The maximum absolute atomic E-state index is 12.9. The molecule has 0 atom stereocenters. The van der Waals surface area contributed by atoms with Gasteiger partial charge in [0, 0.05) is 33.2 Å². The Balaban J connectivity index is 1.75. The Hall–Kier alpha value is -3.70. The first-order valence-electron chi connectivity index (χ1n) is 11.6. The molecule has 3 aromatic carbocycles. The summed E-state index contributed by atoms with van der Waals surface area (Å²) < 4.78 is 17.6. The molecule has 4 rings (SSSR count). The standard InChI is InChI=1S/C29H28ClNO4/c1-5-33-26-10-8-7-9-25(26)31-27(32)15-18(3)22-16-23-24(20-11-13-21(30)14-12-20)17-35-29(23)19(4)28(22)34-6-2/h7-17H,5-6H2,1-4H3,(H,31,32)/b18-15+. The van der Waals surface area contributed by atoms with E-state index in [9.17, 15) is 4.79 Å². The van der Waals surface area contributed by atoms with E-state index < -0.39 is 0 Å². The Morgan fingerprint density at radius 3 is 2.49 bits per heavy atom. The number of halogens is 1. The molecule has 180 valence electrons. The number of carbonyl (C=O) groups excluding carboxylic acids is 1. The Morgan fingerprint density at radius 1 is 1.06 bits per heavy atom. The summed E-state index contributed by atoms with van der Waals surface area (Å²) in [4.78, 5) is 12.9. The summed E-state index contributed by atoms with van der Waals surface area (Å²) in [5.41, 5.74) is 5.82. The number of benzene rings is 3. The van der Waals surface area contributed by atoms with Crippen LogP contribution in [0.3, 0.4) is 0 Å². The lowest BCUT2D eigenvalue weighted by atomic mass is 9.96. The maximum Gasteiger partial charge on any atom is 0.248 e. The minimum Gasteiger partial charge on any atom is -0.493 e. The minimum absolute atomic E-state index is 0.250. The van der Waals surface area contributed by atoms with E-state index in [1.807, 2.05) is 82.3 Å². The van der Waals surface area contributed by atoms with Crippen LogP contribution < -0.4 is 14.8 Å². The lowest BCUT2D eigenvalue weighted by Crippen LogP contribution is -2.10. The van der Waals surface area contributed by atoms with Crippen molar-refractivity contribution < 1.29 is 18.7 Å². The van der Waals surface area contributed by atoms with Gasteiger partial charge in [-0.3, -0.25) is 4.79 Å². The monoisotopic (exact) mass is 489 g/mol. The zero-order chi connectivity index (χ0) is 24.9. The smallest absolute Gasteiger partial charge is 0.248 e. The van der Waals surface area contributed by atoms with Crippen LogP contribution in [-0.4, -0.2) is 19.1 Å². The summed E-state index contributed by atoms with van der Waals surface area (Å²) >= 11 is 6.08. The summed E-state index contributed by atoms with van der Waals surface area (Å²) in [5, 5.41) is 4.54. The van der Waals surface area contributed by atoms with Gasteiger partial charge >= 0.3 is 0 Å². The molecule has 0 aliphatic heterocycles. The largest absolute Gasteiger partial charge is 0.493 e. The molecule has 0 bridgehead atoms. The number of ether oxygens (including phenoxy) is 2. The molecule has 0 aliphatic rings. The van der Waals surface area contributed by atoms with Gasteiger partial charge in [-0.2, -0.15) is 0 Å². The molecule has 5 nitrogen and oxygen atoms in total. The van der Waals surface area contributed by atoms with Crippen molar-refractivity contribution in [2.45, 2.75) is 27.7 Å². The highest BCUT2D eigenvalue weighted by Gasteiger charge is 2.19. The van der Waals surface area contributed by atoms with Gasteiger partial charge in [-0.25, -0.2) is 0 Å². The summed E-state index contributed by atoms with van der Waals surface area (Å²) in [5.74, 6) is 1.08. The number of allylic oxidation sites excluding steroid dienone is 1. The SMILES string of the molecule is CCOc1ccccc1NC(=O)/C=C(\C)c1cc2c(-c3ccc(Cl)cc3)coc2c(C)c1OCC. The van der Waals surface area contributed by atoms with Crippen molar-refractivity contribution in [1.82, 2.24) is 0 Å². The van der Waals surface area contributed by atoms with Gasteiger partial charge in [-0.15, -0.1) is 0 Å². The lowest BCUT2D eigenvalue weighted by Gasteiger charge is -2.15. The molecule has 0 saturated carbocycles. The Labute approximate surface area is 210 Å². The first kappa shape index (κ1) is 24.4. The number of rotatable bonds is 8. The molecule has 1 heterocycles. The molecule has 1 amide bonds. The molecule has 0 saturated heterocycles. The average Bonchev–Trinajstić information content (AvgIpc) is 3.27. The van der Waals surface area contributed by atoms with Crippen molar-refractivity contribution in [3.8, 4) is 22.6 Å². The van der Waals surface area contributed by atoms with Gasteiger partial charge in [0.25, 0.3) is 0 Å². The number of anilines is 1. The van der Waals surface area contributed by atoms with Crippen LogP contribution in [0.2, 0.25) is 5.02 Å². The third-order valence-electron chi connectivity index (χ3n) is 5.71. The van der Waals surface area contributed by atoms with Crippen LogP contribution >= 0.6 is 11.6 Å². The van der Waals surface area contributed by atoms with Gasteiger partial charge in [0.15, 0.2) is 0 Å². The molecular formula is C29H28ClNO4. The predicted octanol–water partition coefficient (Wildman–Crippen LogP) is 7.90. The van der Waals surface area contributed by atoms with E-state index in [1.165, 1.54) is 0 Å². The number of fused-ring (bicyclic) bond motifs is 1.